The van der Waals surface area contributed by atoms with Gasteiger partial charge in [-0.25, -0.2) is 4.39 Å². The number of hydrogen-bond donors (Lipinski definition) is 0. The average molecular weight is 623 g/mol. The topological polar surface area (TPSA) is 37.4 Å². The SMILES string of the molecule is C[I-]O[C@@H](C)[C@@H]1CC(CC(C)OCC23CCCN2C(COCC24CCCN2CC(F)C4)CC3)CN1C. The molecule has 8 atom stereocenters. The van der Waals surface area contributed by atoms with Crippen molar-refractivity contribution in [2.45, 2.75) is 113 Å². The van der Waals surface area contributed by atoms with Crippen LogP contribution in [0.15, 0.2) is 0 Å². The van der Waals surface area contributed by atoms with Crippen LogP contribution in [0.25, 0.3) is 0 Å². The molecule has 5 saturated heterocycles. The second-order valence-corrected chi connectivity index (χ2v) is 14.1. The van der Waals surface area contributed by atoms with Gasteiger partial charge in [0.2, 0.25) is 0 Å². The van der Waals surface area contributed by atoms with Crippen molar-refractivity contribution in [3.63, 3.8) is 0 Å². The van der Waals surface area contributed by atoms with E-state index in [0.717, 1.165) is 39.1 Å². The Bertz CT molecular complexity index is 736. The molecule has 0 N–H and O–H groups in total. The van der Waals surface area contributed by atoms with E-state index in [1.54, 1.807) is 0 Å². The van der Waals surface area contributed by atoms with Gasteiger partial charge in [-0.1, -0.05) is 0 Å². The molecule has 6 unspecified atom stereocenters. The van der Waals surface area contributed by atoms with E-state index in [0.29, 0.717) is 49.8 Å². The van der Waals surface area contributed by atoms with Gasteiger partial charge in [-0.05, 0) is 19.4 Å². The van der Waals surface area contributed by atoms with E-state index < -0.39 is 6.17 Å². The van der Waals surface area contributed by atoms with E-state index >= 15 is 0 Å². The molecule has 8 heteroatoms. The van der Waals surface area contributed by atoms with E-state index in [1.807, 2.05) is 0 Å². The molecule has 6 nitrogen and oxygen atoms in total. The van der Waals surface area contributed by atoms with Gasteiger partial charge in [0.05, 0.1) is 13.2 Å². The van der Waals surface area contributed by atoms with Crippen LogP contribution < -0.4 is 21.6 Å². The van der Waals surface area contributed by atoms with E-state index in [9.17, 15) is 4.39 Å². The zero-order valence-electron chi connectivity index (χ0n) is 23.1. The number of halogens is 2. The molecule has 0 saturated carbocycles. The maximum atomic E-state index is 14.1. The molecule has 5 rings (SSSR count). The van der Waals surface area contributed by atoms with Gasteiger partial charge >= 0.3 is 159 Å². The Balaban J connectivity index is 1.07. The fourth-order valence-corrected chi connectivity index (χ4v) is 9.66. The first-order chi connectivity index (χ1) is 17.3. The molecule has 36 heavy (non-hydrogen) atoms. The van der Waals surface area contributed by atoms with Crippen molar-refractivity contribution in [1.82, 2.24) is 14.7 Å². The number of nitrogens with zero attached hydrogens (tertiary/aromatic N) is 3. The van der Waals surface area contributed by atoms with Crippen LogP contribution in [0.3, 0.4) is 0 Å². The van der Waals surface area contributed by atoms with Crippen LogP contribution in [0, 0.1) is 5.92 Å². The summed E-state index contributed by atoms with van der Waals surface area (Å²) in [5.74, 6) is 0.701. The summed E-state index contributed by atoms with van der Waals surface area (Å²) in [6, 6.07) is 1.05. The predicted octanol–water partition coefficient (Wildman–Crippen LogP) is 0.731. The van der Waals surface area contributed by atoms with E-state index in [1.165, 1.54) is 45.1 Å². The number of likely N-dealkylation sites (tertiary alicyclic amines) is 1. The second-order valence-electron chi connectivity index (χ2n) is 12.7. The van der Waals surface area contributed by atoms with Crippen LogP contribution in [0.4, 0.5) is 4.39 Å². The summed E-state index contributed by atoms with van der Waals surface area (Å²) in [5, 5.41) is 0. The summed E-state index contributed by atoms with van der Waals surface area (Å²) >= 11 is -0.118. The zero-order valence-corrected chi connectivity index (χ0v) is 25.3. The van der Waals surface area contributed by atoms with Crippen molar-refractivity contribution in [2.24, 2.45) is 5.92 Å². The Morgan fingerprint density at radius 2 is 1.86 bits per heavy atom. The van der Waals surface area contributed by atoms with Crippen LogP contribution in [-0.2, 0) is 12.5 Å². The summed E-state index contributed by atoms with van der Waals surface area (Å²) < 4.78 is 33.1. The van der Waals surface area contributed by atoms with Gasteiger partial charge in [0.1, 0.15) is 6.17 Å². The summed E-state index contributed by atoms with van der Waals surface area (Å²) in [4.78, 5) is 9.79. The normalized spacial score (nSPS) is 41.4. The summed E-state index contributed by atoms with van der Waals surface area (Å²) in [6.07, 6.45) is 10.2. The van der Waals surface area contributed by atoms with Crippen LogP contribution >= 0.6 is 0 Å². The first-order valence-corrected chi connectivity index (χ1v) is 17.6. The number of alkyl halides is 2. The zero-order chi connectivity index (χ0) is 25.3. The maximum absolute atomic E-state index is 14.1. The Morgan fingerprint density at radius 1 is 1.06 bits per heavy atom. The van der Waals surface area contributed by atoms with E-state index in [4.69, 9.17) is 12.5 Å². The van der Waals surface area contributed by atoms with Crippen LogP contribution in [0.5, 0.6) is 0 Å². The molecule has 210 valence electrons. The third-order valence-corrected chi connectivity index (χ3v) is 11.5. The molecule has 5 fully saturated rings. The van der Waals surface area contributed by atoms with Gasteiger partial charge in [-0.3, -0.25) is 4.90 Å². The second kappa shape index (κ2) is 11.9. The number of hydrogen-bond acceptors (Lipinski definition) is 6. The quantitative estimate of drug-likeness (QED) is 0.236. The molecule has 0 aromatic carbocycles. The minimum atomic E-state index is -0.671. The van der Waals surface area contributed by atoms with Gasteiger partial charge in [0, 0.05) is 18.5 Å². The molecule has 5 aliphatic heterocycles. The monoisotopic (exact) mass is 622 g/mol. The van der Waals surface area contributed by atoms with Crippen molar-refractivity contribution in [3.05, 3.63) is 0 Å². The molecular formula is C28H50FIN3O3-. The van der Waals surface area contributed by atoms with Crippen molar-refractivity contribution in [2.75, 3.05) is 58.0 Å². The minimum absolute atomic E-state index is 0.0199. The standard InChI is InChI=1S/C28H50FIN3O3/c1-21(13-23-14-26(31(4)16-23)22(2)36-30-3)35-20-27-8-6-12-33(27)25(7-10-27)18-34-19-28-9-5-11-32(28)17-24(29)15-28/h21-26H,5-20H2,1-4H3/q-1/t21?,22-,23?,24?,25?,26-,27?,28?/m0/s1. The molecule has 5 heterocycles. The number of likely N-dealkylation sites (N-methyl/N-ethyl adjacent to an activating group) is 1. The van der Waals surface area contributed by atoms with Crippen molar-refractivity contribution < 1.29 is 38.6 Å². The average Bonchev–Trinajstić information content (AvgIpc) is 3.61. The van der Waals surface area contributed by atoms with Gasteiger partial charge in [-0.2, -0.15) is 0 Å². The van der Waals surface area contributed by atoms with Crippen molar-refractivity contribution >= 4 is 0 Å². The fourth-order valence-electron chi connectivity index (χ4n) is 8.52. The van der Waals surface area contributed by atoms with Crippen molar-refractivity contribution in [3.8, 4) is 0 Å². The molecule has 5 aliphatic rings. The first-order valence-electron chi connectivity index (χ1n) is 14.5. The molecule has 0 aromatic rings. The molecule has 0 amide bonds. The van der Waals surface area contributed by atoms with E-state index in [2.05, 4.69) is 40.5 Å². The van der Waals surface area contributed by atoms with E-state index in [-0.39, 0.29) is 32.7 Å². The van der Waals surface area contributed by atoms with Gasteiger partial charge in [0.25, 0.3) is 0 Å². The van der Waals surface area contributed by atoms with Gasteiger partial charge in [-0.15, -0.1) is 0 Å². The molecule has 0 aliphatic carbocycles. The molecule has 0 spiro atoms. The van der Waals surface area contributed by atoms with Gasteiger partial charge < -0.3 is 4.74 Å². The Labute approximate surface area is 229 Å². The molecule has 0 bridgehead atoms. The molecular weight excluding hydrogens is 572 g/mol. The third-order valence-electron chi connectivity index (χ3n) is 10.2. The van der Waals surface area contributed by atoms with Crippen LogP contribution in [0.2, 0.25) is 0 Å². The Hall–Kier alpha value is 0.420. The van der Waals surface area contributed by atoms with Crippen LogP contribution in [-0.4, -0.2) is 114 Å². The summed E-state index contributed by atoms with van der Waals surface area (Å²) in [7, 11) is 2.26. The third kappa shape index (κ3) is 5.80. The molecule has 0 aromatic heterocycles. The fraction of sp³-hybridized carbons (Fsp3) is 1.00. The molecule has 0 radical (unpaired) electrons. The Kier molecular flexibility index (Phi) is 9.23. The van der Waals surface area contributed by atoms with Gasteiger partial charge in [0.15, 0.2) is 0 Å². The number of rotatable bonds is 12. The van der Waals surface area contributed by atoms with Crippen LogP contribution in [0.1, 0.15) is 71.6 Å². The van der Waals surface area contributed by atoms with Crippen molar-refractivity contribution in [1.29, 1.82) is 0 Å². The summed E-state index contributed by atoms with van der Waals surface area (Å²) in [5.41, 5.74) is 0.188. The Morgan fingerprint density at radius 3 is 2.69 bits per heavy atom. The first kappa shape index (κ1) is 28.0. The number of fused-ring (bicyclic) bond motifs is 2. The number of ether oxygens (including phenoxy) is 2. The predicted molar refractivity (Wildman–Crippen MR) is 137 cm³/mol. The summed E-state index contributed by atoms with van der Waals surface area (Å²) in [6.45, 7) is 10.9.